The lowest BCUT2D eigenvalue weighted by atomic mass is 9.78. The molecular weight excluding hydrogens is 220 g/mol. The fraction of sp³-hybridized carbons (Fsp3) is 0.769. The zero-order valence-corrected chi connectivity index (χ0v) is 10.7. The van der Waals surface area contributed by atoms with Gasteiger partial charge < -0.3 is 14.2 Å². The molecule has 2 rings (SSSR count). The van der Waals surface area contributed by atoms with Crippen LogP contribution in [0.5, 0.6) is 0 Å². The maximum absolute atomic E-state index is 11.8. The molecule has 0 saturated carbocycles. The summed E-state index contributed by atoms with van der Waals surface area (Å²) < 4.78 is 16.2. The van der Waals surface area contributed by atoms with Crippen molar-refractivity contribution in [3.05, 3.63) is 11.3 Å². The van der Waals surface area contributed by atoms with Crippen molar-refractivity contribution in [2.24, 2.45) is 11.8 Å². The Morgan fingerprint density at radius 2 is 2.29 bits per heavy atom. The minimum atomic E-state index is -0.226. The van der Waals surface area contributed by atoms with Gasteiger partial charge in [-0.1, -0.05) is 6.92 Å². The number of methoxy groups -OCH3 is 1. The van der Waals surface area contributed by atoms with E-state index in [1.807, 2.05) is 6.92 Å². The molecule has 96 valence electrons. The van der Waals surface area contributed by atoms with Crippen molar-refractivity contribution < 1.29 is 19.0 Å². The monoisotopic (exact) mass is 240 g/mol. The number of hydrogen-bond acceptors (Lipinski definition) is 4. The van der Waals surface area contributed by atoms with E-state index in [9.17, 15) is 4.79 Å². The number of fused-ring (bicyclic) bond motifs is 1. The van der Waals surface area contributed by atoms with Gasteiger partial charge in [0.2, 0.25) is 0 Å². The summed E-state index contributed by atoms with van der Waals surface area (Å²) in [6, 6.07) is 0. The van der Waals surface area contributed by atoms with E-state index in [1.54, 1.807) is 7.11 Å². The Morgan fingerprint density at radius 3 is 2.94 bits per heavy atom. The van der Waals surface area contributed by atoms with E-state index in [0.29, 0.717) is 19.1 Å². The van der Waals surface area contributed by atoms with Crippen molar-refractivity contribution in [1.82, 2.24) is 0 Å². The van der Waals surface area contributed by atoms with Crippen LogP contribution in [0, 0.1) is 11.8 Å². The van der Waals surface area contributed by atoms with Gasteiger partial charge in [0, 0.05) is 13.0 Å². The van der Waals surface area contributed by atoms with Gasteiger partial charge in [-0.2, -0.15) is 0 Å². The molecule has 0 N–H and O–H groups in total. The third-order valence-corrected chi connectivity index (χ3v) is 3.69. The molecule has 2 aliphatic rings. The van der Waals surface area contributed by atoms with Crippen LogP contribution in [0.1, 0.15) is 26.7 Å². The Hall–Kier alpha value is -1.03. The Balaban J connectivity index is 2.26. The molecule has 0 amide bonds. The molecule has 1 heterocycles. The summed E-state index contributed by atoms with van der Waals surface area (Å²) in [7, 11) is 1.70. The molecule has 3 atom stereocenters. The normalized spacial score (nSPS) is 32.1. The lowest BCUT2D eigenvalue weighted by molar-refractivity contribution is -0.139. The highest BCUT2D eigenvalue weighted by Gasteiger charge is 2.43. The molecule has 0 aromatic heterocycles. The third-order valence-electron chi connectivity index (χ3n) is 3.69. The Morgan fingerprint density at radius 1 is 1.53 bits per heavy atom. The molecule has 17 heavy (non-hydrogen) atoms. The van der Waals surface area contributed by atoms with E-state index < -0.39 is 0 Å². The van der Waals surface area contributed by atoms with Crippen LogP contribution < -0.4 is 0 Å². The van der Waals surface area contributed by atoms with E-state index in [0.717, 1.165) is 24.2 Å². The van der Waals surface area contributed by atoms with Gasteiger partial charge in [0.25, 0.3) is 0 Å². The van der Waals surface area contributed by atoms with Gasteiger partial charge in [-0.15, -0.1) is 0 Å². The van der Waals surface area contributed by atoms with E-state index >= 15 is 0 Å². The second kappa shape index (κ2) is 5.08. The number of rotatable bonds is 3. The summed E-state index contributed by atoms with van der Waals surface area (Å²) in [5, 5.41) is 0. The van der Waals surface area contributed by atoms with Crippen LogP contribution in [0.15, 0.2) is 11.3 Å². The molecule has 0 spiro atoms. The lowest BCUT2D eigenvalue weighted by Gasteiger charge is -2.28. The highest BCUT2D eigenvalue weighted by molar-refractivity contribution is 5.89. The van der Waals surface area contributed by atoms with Gasteiger partial charge in [0.1, 0.15) is 18.5 Å². The second-order valence-electron chi connectivity index (χ2n) is 4.69. The predicted molar refractivity (Wildman–Crippen MR) is 62.3 cm³/mol. The highest BCUT2D eigenvalue weighted by Crippen LogP contribution is 2.42. The smallest absolute Gasteiger partial charge is 0.337 e. The molecule has 0 bridgehead atoms. The molecule has 0 unspecified atom stereocenters. The van der Waals surface area contributed by atoms with Crippen LogP contribution >= 0.6 is 0 Å². The molecule has 4 nitrogen and oxygen atoms in total. The van der Waals surface area contributed by atoms with Crippen LogP contribution in [-0.2, 0) is 19.0 Å². The van der Waals surface area contributed by atoms with E-state index in [1.165, 1.54) is 0 Å². The van der Waals surface area contributed by atoms with Crippen LogP contribution in [0.4, 0.5) is 0 Å². The average Bonchev–Trinajstić information content (AvgIpc) is 2.74. The molecule has 0 radical (unpaired) electrons. The minimum absolute atomic E-state index is 0.0738. The number of hydrogen-bond donors (Lipinski definition) is 0. The first-order valence-corrected chi connectivity index (χ1v) is 6.24. The largest absolute Gasteiger partial charge is 0.494 e. The number of ether oxygens (including phenoxy) is 3. The summed E-state index contributed by atoms with van der Waals surface area (Å²) >= 11 is 0. The van der Waals surface area contributed by atoms with Gasteiger partial charge in [0.05, 0.1) is 12.2 Å². The zero-order chi connectivity index (χ0) is 12.4. The Labute approximate surface area is 102 Å². The predicted octanol–water partition coefficient (Wildman–Crippen LogP) is 1.89. The summed E-state index contributed by atoms with van der Waals surface area (Å²) in [4.78, 5) is 11.8. The molecule has 1 saturated heterocycles. The number of esters is 1. The summed E-state index contributed by atoms with van der Waals surface area (Å²) in [5.41, 5.74) is 0.717. The highest BCUT2D eigenvalue weighted by atomic mass is 16.6. The lowest BCUT2D eigenvalue weighted by Crippen LogP contribution is -2.30. The van der Waals surface area contributed by atoms with Crippen molar-refractivity contribution in [2.75, 3.05) is 20.3 Å². The van der Waals surface area contributed by atoms with Crippen LogP contribution in [0.3, 0.4) is 0 Å². The molecule has 0 aromatic rings. The summed E-state index contributed by atoms with van der Waals surface area (Å²) in [5.74, 6) is 1.30. The van der Waals surface area contributed by atoms with Gasteiger partial charge >= 0.3 is 5.97 Å². The summed E-state index contributed by atoms with van der Waals surface area (Å²) in [6.07, 6.45) is 1.82. The van der Waals surface area contributed by atoms with Crippen molar-refractivity contribution in [1.29, 1.82) is 0 Å². The first-order valence-electron chi connectivity index (χ1n) is 6.24. The maximum atomic E-state index is 11.8. The fourth-order valence-electron chi connectivity index (χ4n) is 2.76. The van der Waals surface area contributed by atoms with Gasteiger partial charge in [-0.05, 0) is 25.7 Å². The Bertz CT molecular complexity index is 334. The van der Waals surface area contributed by atoms with Crippen molar-refractivity contribution in [3.8, 4) is 0 Å². The fourth-order valence-corrected chi connectivity index (χ4v) is 2.76. The molecule has 1 aliphatic heterocycles. The molecule has 1 aliphatic carbocycles. The van der Waals surface area contributed by atoms with Crippen LogP contribution in [0.25, 0.3) is 0 Å². The molecule has 0 aromatic carbocycles. The topological polar surface area (TPSA) is 44.8 Å². The van der Waals surface area contributed by atoms with Crippen LogP contribution in [-0.4, -0.2) is 32.4 Å². The SMILES string of the molecule is CCOC(=O)C1=C2OC[C@H](OC)[C@@H]2[C@@H](C)CC1. The minimum Gasteiger partial charge on any atom is -0.494 e. The zero-order valence-electron chi connectivity index (χ0n) is 10.7. The third kappa shape index (κ3) is 2.18. The number of carbonyl (C=O) groups excluding carboxylic acids is 1. The molecule has 1 fully saturated rings. The first kappa shape index (κ1) is 12.4. The molecule has 4 heteroatoms. The van der Waals surface area contributed by atoms with Gasteiger partial charge in [0.15, 0.2) is 0 Å². The average molecular weight is 240 g/mol. The van der Waals surface area contributed by atoms with Crippen molar-refractivity contribution in [2.45, 2.75) is 32.8 Å². The molecular formula is C13H20O4. The van der Waals surface area contributed by atoms with E-state index in [-0.39, 0.29) is 18.0 Å². The second-order valence-corrected chi connectivity index (χ2v) is 4.69. The van der Waals surface area contributed by atoms with Crippen LogP contribution in [0.2, 0.25) is 0 Å². The standard InChI is InChI=1S/C13H20O4/c1-4-16-13(14)9-6-5-8(2)11-10(15-3)7-17-12(9)11/h8,10-11H,4-7H2,1-3H3/t8-,10-,11-/m0/s1. The Kier molecular flexibility index (Phi) is 3.72. The van der Waals surface area contributed by atoms with Crippen molar-refractivity contribution in [3.63, 3.8) is 0 Å². The van der Waals surface area contributed by atoms with Gasteiger partial charge in [-0.25, -0.2) is 4.79 Å². The first-order chi connectivity index (χ1) is 8.19. The van der Waals surface area contributed by atoms with E-state index in [2.05, 4.69) is 6.92 Å². The quantitative estimate of drug-likeness (QED) is 0.707. The maximum Gasteiger partial charge on any atom is 0.337 e. The van der Waals surface area contributed by atoms with Gasteiger partial charge in [-0.3, -0.25) is 0 Å². The number of carbonyl (C=O) groups is 1. The van der Waals surface area contributed by atoms with Crippen molar-refractivity contribution >= 4 is 5.97 Å². The van der Waals surface area contributed by atoms with E-state index in [4.69, 9.17) is 14.2 Å². The summed E-state index contributed by atoms with van der Waals surface area (Å²) in [6.45, 7) is 4.96.